The van der Waals surface area contributed by atoms with Gasteiger partial charge in [0.15, 0.2) is 46.4 Å². The quantitative estimate of drug-likeness (QED) is 0.255. The van der Waals surface area contributed by atoms with Gasteiger partial charge in [-0.25, -0.2) is 0 Å². The molecule has 1 aliphatic rings. The molecule has 0 fully saturated rings. The Morgan fingerprint density at radius 2 is 1.72 bits per heavy atom. The van der Waals surface area contributed by atoms with E-state index in [-0.39, 0.29) is 52.1 Å². The molecule has 2 unspecified atom stereocenters. The van der Waals surface area contributed by atoms with Gasteiger partial charge in [-0.15, -0.1) is 0 Å². The van der Waals surface area contributed by atoms with Gasteiger partial charge in [0.05, 0.1) is 7.11 Å². The van der Waals surface area contributed by atoms with E-state index in [1.807, 2.05) is 0 Å². The van der Waals surface area contributed by atoms with Crippen molar-refractivity contribution in [2.45, 2.75) is 18.8 Å². The van der Waals surface area contributed by atoms with Gasteiger partial charge in [0, 0.05) is 35.4 Å². The lowest BCUT2D eigenvalue weighted by Crippen LogP contribution is -2.26. The maximum absolute atomic E-state index is 12.7. The van der Waals surface area contributed by atoms with Crippen molar-refractivity contribution in [1.29, 1.82) is 0 Å². The highest BCUT2D eigenvalue weighted by Gasteiger charge is 2.37. The topological polar surface area (TPSA) is 165 Å². The number of rotatable bonds is 5. The summed E-state index contributed by atoms with van der Waals surface area (Å²) < 4.78 is 28.9. The van der Waals surface area contributed by atoms with Gasteiger partial charge in [-0.1, -0.05) is 11.2 Å². The maximum atomic E-state index is 12.7. The monoisotopic (exact) mass is 531 g/mol. The largest absolute Gasteiger partial charge is 0.508 e. The summed E-state index contributed by atoms with van der Waals surface area (Å²) in [5.74, 6) is 0.671. The zero-order chi connectivity index (χ0) is 27.3. The lowest BCUT2D eigenvalue weighted by Gasteiger charge is -2.33. The molecule has 11 nitrogen and oxygen atoms in total. The van der Waals surface area contributed by atoms with Crippen molar-refractivity contribution in [2.75, 3.05) is 7.11 Å². The molecule has 0 spiro atoms. The molecule has 0 amide bonds. The molecule has 0 aliphatic carbocycles. The molecule has 0 bridgehead atoms. The average molecular weight is 531 g/mol. The van der Waals surface area contributed by atoms with Crippen LogP contribution >= 0.6 is 0 Å². The summed E-state index contributed by atoms with van der Waals surface area (Å²) in [6.45, 7) is -0.343. The number of hydrogen-bond acceptors (Lipinski definition) is 11. The Kier molecular flexibility index (Phi) is 5.77. The van der Waals surface area contributed by atoms with Crippen LogP contribution < -0.4 is 19.6 Å². The Morgan fingerprint density at radius 1 is 0.897 bits per heavy atom. The van der Waals surface area contributed by atoms with Gasteiger partial charge in [-0.05, 0) is 30.3 Å². The first-order valence-electron chi connectivity index (χ1n) is 11.8. The van der Waals surface area contributed by atoms with Crippen molar-refractivity contribution in [3.63, 3.8) is 0 Å². The number of benzene rings is 3. The Hall–Kier alpha value is -5.16. The van der Waals surface area contributed by atoms with Gasteiger partial charge in [0.1, 0.15) is 40.5 Å². The predicted molar refractivity (Wildman–Crippen MR) is 135 cm³/mol. The molecule has 0 saturated carbocycles. The second kappa shape index (κ2) is 9.30. The number of fused-ring (bicyclic) bond motifs is 2. The molecule has 6 rings (SSSR count). The van der Waals surface area contributed by atoms with E-state index >= 15 is 0 Å². The van der Waals surface area contributed by atoms with Crippen molar-refractivity contribution in [3.05, 3.63) is 87.9 Å². The highest BCUT2D eigenvalue weighted by molar-refractivity contribution is 5.86. The van der Waals surface area contributed by atoms with Crippen LogP contribution in [0.2, 0.25) is 0 Å². The fourth-order valence-electron chi connectivity index (χ4n) is 4.51. The fourth-order valence-corrected chi connectivity index (χ4v) is 4.51. The summed E-state index contributed by atoms with van der Waals surface area (Å²) in [4.78, 5) is 12.7. The van der Waals surface area contributed by atoms with Crippen molar-refractivity contribution in [3.8, 4) is 45.8 Å². The molecular weight excluding hydrogens is 510 g/mol. The predicted octanol–water partition coefficient (Wildman–Crippen LogP) is 4.32. The Morgan fingerprint density at radius 3 is 2.49 bits per heavy atom. The van der Waals surface area contributed by atoms with E-state index in [0.717, 1.165) is 6.07 Å². The van der Waals surface area contributed by atoms with Crippen LogP contribution in [0.15, 0.2) is 74.4 Å². The molecule has 1 aliphatic heterocycles. The molecular formula is C28H21NO10. The number of hydrogen-bond donors (Lipinski definition) is 4. The van der Waals surface area contributed by atoms with E-state index in [9.17, 15) is 25.2 Å². The van der Waals surface area contributed by atoms with Gasteiger partial charge in [-0.3, -0.25) is 4.79 Å². The lowest BCUT2D eigenvalue weighted by atomic mass is 9.99. The van der Waals surface area contributed by atoms with Crippen LogP contribution in [0.5, 0.6) is 34.5 Å². The first-order chi connectivity index (χ1) is 18.8. The van der Waals surface area contributed by atoms with Crippen LogP contribution in [0.1, 0.15) is 29.2 Å². The molecule has 3 aromatic carbocycles. The van der Waals surface area contributed by atoms with Gasteiger partial charge >= 0.3 is 0 Å². The summed E-state index contributed by atoms with van der Waals surface area (Å²) in [7, 11) is 1.43. The summed E-state index contributed by atoms with van der Waals surface area (Å²) in [6, 6.07) is 14.8. The average Bonchev–Trinajstić information content (AvgIpc) is 3.41. The van der Waals surface area contributed by atoms with E-state index in [1.54, 1.807) is 36.4 Å². The van der Waals surface area contributed by atoms with Crippen molar-refractivity contribution < 1.29 is 43.6 Å². The Labute approximate surface area is 219 Å². The third-order valence-corrected chi connectivity index (χ3v) is 6.36. The van der Waals surface area contributed by atoms with Gasteiger partial charge in [0.25, 0.3) is 0 Å². The third-order valence-electron chi connectivity index (χ3n) is 6.36. The number of aromatic hydroxyl groups is 3. The molecule has 0 radical (unpaired) electrons. The standard InChI is InChI=1S/C28H21NO10/c1-35-23-7-14(2-4-18(23)32)27-28(17-10-16(12-30)39-29-17)37-21-5-3-13(6-24(21)38-27)22-11-20(34)26-19(33)8-15(31)9-25(26)36-22/h2-11,27-28,30-33H,12H2,1H3. The summed E-state index contributed by atoms with van der Waals surface area (Å²) in [5.41, 5.74) is 0.986. The van der Waals surface area contributed by atoms with Crippen LogP contribution in [0.4, 0.5) is 0 Å². The molecule has 39 heavy (non-hydrogen) atoms. The number of phenols is 3. The van der Waals surface area contributed by atoms with Gasteiger partial charge < -0.3 is 43.6 Å². The van der Waals surface area contributed by atoms with Crippen LogP contribution in [-0.4, -0.2) is 32.7 Å². The van der Waals surface area contributed by atoms with Crippen LogP contribution in [0.25, 0.3) is 22.3 Å². The number of phenolic OH excluding ortho intramolecular Hbond substituents is 3. The minimum atomic E-state index is -0.786. The summed E-state index contributed by atoms with van der Waals surface area (Å²) >= 11 is 0. The first-order valence-corrected chi connectivity index (χ1v) is 11.8. The zero-order valence-corrected chi connectivity index (χ0v) is 20.3. The molecule has 4 N–H and O–H groups in total. The van der Waals surface area contributed by atoms with Gasteiger partial charge in [-0.2, -0.15) is 0 Å². The molecule has 2 atom stereocenters. The van der Waals surface area contributed by atoms with Crippen LogP contribution in [0.3, 0.4) is 0 Å². The van der Waals surface area contributed by atoms with Crippen molar-refractivity contribution in [1.82, 2.24) is 5.16 Å². The van der Waals surface area contributed by atoms with Crippen LogP contribution in [0, 0.1) is 0 Å². The molecule has 11 heteroatoms. The van der Waals surface area contributed by atoms with E-state index in [0.29, 0.717) is 28.3 Å². The van der Waals surface area contributed by atoms with E-state index in [2.05, 4.69) is 5.16 Å². The summed E-state index contributed by atoms with van der Waals surface area (Å²) in [5, 5.41) is 43.4. The minimum absolute atomic E-state index is 0.0183. The maximum Gasteiger partial charge on any atom is 0.197 e. The van der Waals surface area contributed by atoms with E-state index in [1.165, 1.54) is 25.3 Å². The first kappa shape index (κ1) is 24.2. The second-order valence-corrected chi connectivity index (χ2v) is 8.86. The Bertz CT molecular complexity index is 1770. The molecule has 2 aromatic heterocycles. The Balaban J connectivity index is 1.44. The lowest BCUT2D eigenvalue weighted by molar-refractivity contribution is 0.0141. The highest BCUT2D eigenvalue weighted by Crippen LogP contribution is 2.48. The number of nitrogens with zero attached hydrogens (tertiary/aromatic N) is 1. The smallest absolute Gasteiger partial charge is 0.197 e. The SMILES string of the molecule is COc1cc(C2Oc3cc(-c4cc(=O)c5c(O)cc(O)cc5o4)ccc3OC2c2cc(CO)on2)ccc1O. The zero-order valence-electron chi connectivity index (χ0n) is 20.3. The van der Waals surface area contributed by atoms with Crippen molar-refractivity contribution >= 4 is 11.0 Å². The normalized spacial score (nSPS) is 16.4. The molecule has 5 aromatic rings. The second-order valence-electron chi connectivity index (χ2n) is 8.86. The molecule has 0 saturated heterocycles. The van der Waals surface area contributed by atoms with Crippen molar-refractivity contribution in [2.24, 2.45) is 0 Å². The highest BCUT2D eigenvalue weighted by atomic mass is 16.6. The number of methoxy groups -OCH3 is 1. The number of aliphatic hydroxyl groups excluding tert-OH is 1. The number of aromatic nitrogens is 1. The number of aliphatic hydroxyl groups is 1. The van der Waals surface area contributed by atoms with E-state index < -0.39 is 17.6 Å². The molecule has 198 valence electrons. The summed E-state index contributed by atoms with van der Waals surface area (Å²) in [6.07, 6.45) is -1.57. The van der Waals surface area contributed by atoms with Gasteiger partial charge in [0.2, 0.25) is 0 Å². The van der Waals surface area contributed by atoms with Crippen LogP contribution in [-0.2, 0) is 6.61 Å². The fraction of sp³-hybridized carbons (Fsp3) is 0.143. The number of ether oxygens (including phenoxy) is 3. The molecule has 3 heterocycles. The third kappa shape index (κ3) is 4.24. The minimum Gasteiger partial charge on any atom is -0.508 e. The van der Waals surface area contributed by atoms with E-state index in [4.69, 9.17) is 23.2 Å².